The number of ketones is 1. The largest absolute Gasteiger partial charge is 0.310 e. The standard InChI is InChI=1S/C16H13N3O4/c1-10-5-7-12(8-6-10)18-16(21)15(20)14(17-18)11-3-2-4-13(9-11)19(22)23/h2-9,14,17H,1H3. The van der Waals surface area contributed by atoms with Crippen LogP contribution in [-0.2, 0) is 9.59 Å². The summed E-state index contributed by atoms with van der Waals surface area (Å²) >= 11 is 0. The summed E-state index contributed by atoms with van der Waals surface area (Å²) in [6.45, 7) is 1.92. The third-order valence-corrected chi connectivity index (χ3v) is 3.64. The highest BCUT2D eigenvalue weighted by Gasteiger charge is 2.40. The Morgan fingerprint density at radius 3 is 2.48 bits per heavy atom. The maximum absolute atomic E-state index is 12.2. The molecule has 0 radical (unpaired) electrons. The molecule has 0 aromatic heterocycles. The summed E-state index contributed by atoms with van der Waals surface area (Å²) in [6, 6.07) is 11.9. The number of benzene rings is 2. The van der Waals surface area contributed by atoms with Gasteiger partial charge < -0.3 is 0 Å². The molecule has 1 unspecified atom stereocenters. The molecule has 1 fully saturated rings. The first-order chi connectivity index (χ1) is 11.0. The Morgan fingerprint density at radius 2 is 1.83 bits per heavy atom. The van der Waals surface area contributed by atoms with Crippen molar-refractivity contribution in [2.75, 3.05) is 5.01 Å². The number of nitrogens with zero attached hydrogens (tertiary/aromatic N) is 2. The SMILES string of the molecule is Cc1ccc(N2NC(c3cccc([N+](=O)[O-])c3)C(=O)C2=O)cc1. The van der Waals surface area contributed by atoms with E-state index in [9.17, 15) is 19.7 Å². The topological polar surface area (TPSA) is 92.5 Å². The average molecular weight is 311 g/mol. The Bertz CT molecular complexity index is 801. The highest BCUT2D eigenvalue weighted by Crippen LogP contribution is 2.27. The molecule has 23 heavy (non-hydrogen) atoms. The highest BCUT2D eigenvalue weighted by molar-refractivity contribution is 6.45. The first-order valence-electron chi connectivity index (χ1n) is 6.93. The molecule has 1 amide bonds. The monoisotopic (exact) mass is 311 g/mol. The zero-order valence-corrected chi connectivity index (χ0v) is 12.2. The molecule has 1 aliphatic heterocycles. The van der Waals surface area contributed by atoms with Crippen LogP contribution < -0.4 is 10.4 Å². The number of hydrogen-bond donors (Lipinski definition) is 1. The fourth-order valence-corrected chi connectivity index (χ4v) is 2.41. The first kappa shape index (κ1) is 14.9. The van der Waals surface area contributed by atoms with Crippen molar-refractivity contribution in [2.24, 2.45) is 0 Å². The van der Waals surface area contributed by atoms with Crippen molar-refractivity contribution in [3.63, 3.8) is 0 Å². The summed E-state index contributed by atoms with van der Waals surface area (Å²) in [5.41, 5.74) is 4.65. The van der Waals surface area contributed by atoms with Gasteiger partial charge in [-0.3, -0.25) is 19.7 Å². The summed E-state index contributed by atoms with van der Waals surface area (Å²) in [6.07, 6.45) is 0. The lowest BCUT2D eigenvalue weighted by Crippen LogP contribution is -2.35. The predicted octanol–water partition coefficient (Wildman–Crippen LogP) is 2.06. The van der Waals surface area contributed by atoms with Gasteiger partial charge in [-0.25, -0.2) is 10.4 Å². The van der Waals surface area contributed by atoms with Crippen molar-refractivity contribution in [3.05, 3.63) is 69.8 Å². The zero-order valence-electron chi connectivity index (χ0n) is 12.2. The van der Waals surface area contributed by atoms with Crippen LogP contribution in [0.15, 0.2) is 48.5 Å². The van der Waals surface area contributed by atoms with Crippen LogP contribution in [0.1, 0.15) is 17.2 Å². The number of anilines is 1. The minimum atomic E-state index is -0.927. The van der Waals surface area contributed by atoms with Gasteiger partial charge in [-0.05, 0) is 24.6 Å². The molecule has 116 valence electrons. The summed E-state index contributed by atoms with van der Waals surface area (Å²) in [5.74, 6) is -1.34. The molecule has 3 rings (SSSR count). The lowest BCUT2D eigenvalue weighted by atomic mass is 10.0. The summed E-state index contributed by atoms with van der Waals surface area (Å²) in [5, 5.41) is 12.0. The Balaban J connectivity index is 1.92. The van der Waals surface area contributed by atoms with Crippen LogP contribution in [0.2, 0.25) is 0 Å². The average Bonchev–Trinajstić information content (AvgIpc) is 2.84. The molecule has 2 aromatic rings. The van der Waals surface area contributed by atoms with Crippen LogP contribution in [0, 0.1) is 17.0 Å². The number of carbonyl (C=O) groups excluding carboxylic acids is 2. The number of amides is 1. The molecule has 1 saturated heterocycles. The molecule has 1 N–H and O–H groups in total. The van der Waals surface area contributed by atoms with Crippen LogP contribution in [-0.4, -0.2) is 16.6 Å². The lowest BCUT2D eigenvalue weighted by molar-refractivity contribution is -0.384. The van der Waals surface area contributed by atoms with E-state index in [1.54, 1.807) is 18.2 Å². The molecule has 0 aliphatic carbocycles. The molecule has 1 atom stereocenters. The van der Waals surface area contributed by atoms with Gasteiger partial charge in [0.05, 0.1) is 10.6 Å². The van der Waals surface area contributed by atoms with E-state index in [4.69, 9.17) is 0 Å². The van der Waals surface area contributed by atoms with Gasteiger partial charge in [0.2, 0.25) is 5.78 Å². The summed E-state index contributed by atoms with van der Waals surface area (Å²) in [4.78, 5) is 34.7. The minimum absolute atomic E-state index is 0.127. The van der Waals surface area contributed by atoms with Crippen molar-refractivity contribution >= 4 is 23.1 Å². The third-order valence-electron chi connectivity index (χ3n) is 3.64. The van der Waals surface area contributed by atoms with Gasteiger partial charge >= 0.3 is 5.91 Å². The second kappa shape index (κ2) is 5.62. The molecule has 0 spiro atoms. The van der Waals surface area contributed by atoms with Crippen LogP contribution in [0.3, 0.4) is 0 Å². The molecule has 2 aromatic carbocycles. The van der Waals surface area contributed by atoms with E-state index >= 15 is 0 Å². The van der Waals surface area contributed by atoms with Crippen molar-refractivity contribution in [1.82, 2.24) is 5.43 Å². The molecule has 1 heterocycles. The Labute approximate surface area is 131 Å². The number of rotatable bonds is 3. The van der Waals surface area contributed by atoms with Gasteiger partial charge in [0.1, 0.15) is 6.04 Å². The van der Waals surface area contributed by atoms with E-state index in [-0.39, 0.29) is 5.69 Å². The molecule has 0 bridgehead atoms. The normalized spacial score (nSPS) is 17.6. The summed E-state index contributed by atoms with van der Waals surface area (Å²) < 4.78 is 0. The molecule has 7 nitrogen and oxygen atoms in total. The Kier molecular flexibility index (Phi) is 3.63. The third kappa shape index (κ3) is 2.69. The van der Waals surface area contributed by atoms with E-state index in [1.165, 1.54) is 23.2 Å². The van der Waals surface area contributed by atoms with Gasteiger partial charge in [0, 0.05) is 12.1 Å². The minimum Gasteiger partial charge on any atom is -0.286 e. The maximum Gasteiger partial charge on any atom is 0.310 e. The Morgan fingerprint density at radius 1 is 1.13 bits per heavy atom. The number of non-ortho nitro benzene ring substituents is 1. The summed E-state index contributed by atoms with van der Waals surface area (Å²) in [7, 11) is 0. The lowest BCUT2D eigenvalue weighted by Gasteiger charge is -2.17. The van der Waals surface area contributed by atoms with Gasteiger partial charge in [-0.15, -0.1) is 0 Å². The van der Waals surface area contributed by atoms with Crippen LogP contribution in [0.4, 0.5) is 11.4 Å². The van der Waals surface area contributed by atoms with E-state index in [0.29, 0.717) is 11.3 Å². The molecular formula is C16H13N3O4. The highest BCUT2D eigenvalue weighted by atomic mass is 16.6. The quantitative estimate of drug-likeness (QED) is 0.532. The van der Waals surface area contributed by atoms with Gasteiger partial charge in [-0.2, -0.15) is 0 Å². The van der Waals surface area contributed by atoms with Crippen molar-refractivity contribution in [2.45, 2.75) is 13.0 Å². The van der Waals surface area contributed by atoms with E-state index < -0.39 is 22.7 Å². The van der Waals surface area contributed by atoms with E-state index in [1.807, 2.05) is 19.1 Å². The molecule has 1 aliphatic rings. The number of hydrazine groups is 1. The van der Waals surface area contributed by atoms with Gasteiger partial charge in [0.15, 0.2) is 0 Å². The van der Waals surface area contributed by atoms with Crippen molar-refractivity contribution < 1.29 is 14.5 Å². The number of hydrogen-bond acceptors (Lipinski definition) is 5. The number of aryl methyl sites for hydroxylation is 1. The Hall–Kier alpha value is -3.06. The maximum atomic E-state index is 12.2. The predicted molar refractivity (Wildman–Crippen MR) is 82.6 cm³/mol. The second-order valence-corrected chi connectivity index (χ2v) is 5.25. The number of nitro groups is 1. The van der Waals surface area contributed by atoms with Crippen LogP contribution >= 0.6 is 0 Å². The van der Waals surface area contributed by atoms with Crippen molar-refractivity contribution in [1.29, 1.82) is 0 Å². The number of Topliss-reactive ketones (excluding diaryl/α,β-unsaturated/α-hetero) is 1. The number of carbonyl (C=O) groups is 2. The molecule has 7 heteroatoms. The molecular weight excluding hydrogens is 298 g/mol. The first-order valence-corrected chi connectivity index (χ1v) is 6.93. The number of nitrogens with one attached hydrogen (secondary N) is 1. The van der Waals surface area contributed by atoms with Gasteiger partial charge in [-0.1, -0.05) is 29.8 Å². The fraction of sp³-hybridized carbons (Fsp3) is 0.125. The van der Waals surface area contributed by atoms with Crippen LogP contribution in [0.25, 0.3) is 0 Å². The van der Waals surface area contributed by atoms with E-state index in [0.717, 1.165) is 5.56 Å². The van der Waals surface area contributed by atoms with E-state index in [2.05, 4.69) is 5.43 Å². The smallest absolute Gasteiger partial charge is 0.286 e. The van der Waals surface area contributed by atoms with Gasteiger partial charge in [0.25, 0.3) is 5.69 Å². The fourth-order valence-electron chi connectivity index (χ4n) is 2.41. The zero-order chi connectivity index (χ0) is 16.6. The molecule has 0 saturated carbocycles. The number of nitro benzene ring substituents is 1. The second-order valence-electron chi connectivity index (χ2n) is 5.25. The van der Waals surface area contributed by atoms with Crippen LogP contribution in [0.5, 0.6) is 0 Å². The van der Waals surface area contributed by atoms with Crippen molar-refractivity contribution in [3.8, 4) is 0 Å².